The molecule has 0 bridgehead atoms. The van der Waals surface area contributed by atoms with Crippen LogP contribution in [-0.2, 0) is 19.1 Å². The van der Waals surface area contributed by atoms with Gasteiger partial charge in [-0.15, -0.1) is 0 Å². The normalized spacial score (nSPS) is 11.0. The van der Waals surface area contributed by atoms with Gasteiger partial charge in [-0.05, 0) is 31.1 Å². The van der Waals surface area contributed by atoms with Gasteiger partial charge in [-0.2, -0.15) is 0 Å². The van der Waals surface area contributed by atoms with Crippen molar-refractivity contribution in [1.82, 2.24) is 0 Å². The molecule has 4 heteroatoms. The van der Waals surface area contributed by atoms with Gasteiger partial charge in [0.05, 0.1) is 13.2 Å². The molecule has 0 aliphatic carbocycles. The Balaban J connectivity index is 0. The van der Waals surface area contributed by atoms with Crippen LogP contribution in [-0.4, -0.2) is 25.2 Å². The molecule has 134 valence electrons. The van der Waals surface area contributed by atoms with Crippen LogP contribution >= 0.6 is 0 Å². The highest BCUT2D eigenvalue weighted by atomic mass is 16.5. The highest BCUT2D eigenvalue weighted by Crippen LogP contribution is 2.18. The van der Waals surface area contributed by atoms with E-state index in [1.54, 1.807) is 13.8 Å². The van der Waals surface area contributed by atoms with Crippen LogP contribution in [0, 0.1) is 10.8 Å². The summed E-state index contributed by atoms with van der Waals surface area (Å²) in [5, 5.41) is 0. The Morgan fingerprint density at radius 1 is 0.783 bits per heavy atom. The van der Waals surface area contributed by atoms with Crippen molar-refractivity contribution in [2.75, 3.05) is 13.2 Å². The van der Waals surface area contributed by atoms with Crippen LogP contribution in [0.3, 0.4) is 0 Å². The van der Waals surface area contributed by atoms with Crippen LogP contribution in [0.1, 0.15) is 61.8 Å². The second-order valence-electron chi connectivity index (χ2n) is 8.14. The Kier molecular flexibility index (Phi) is 10.5. The molecular formula is C19H34O4. The number of carbonyl (C=O) groups is 2. The summed E-state index contributed by atoms with van der Waals surface area (Å²) in [4.78, 5) is 21.8. The molecule has 0 atom stereocenters. The van der Waals surface area contributed by atoms with Crippen molar-refractivity contribution >= 4 is 11.9 Å². The molecule has 0 unspecified atom stereocenters. The van der Waals surface area contributed by atoms with Crippen LogP contribution in [0.5, 0.6) is 0 Å². The first kappa shape index (κ1) is 23.7. The van der Waals surface area contributed by atoms with E-state index in [0.29, 0.717) is 24.4 Å². The molecule has 0 radical (unpaired) electrons. The molecule has 0 saturated carbocycles. The molecule has 0 fully saturated rings. The number of carbonyl (C=O) groups excluding carboxylic acids is 2. The molecular weight excluding hydrogens is 292 g/mol. The molecule has 0 N–H and O–H groups in total. The third kappa shape index (κ3) is 18.4. The van der Waals surface area contributed by atoms with Crippen molar-refractivity contribution in [2.45, 2.75) is 61.8 Å². The van der Waals surface area contributed by atoms with Crippen molar-refractivity contribution in [2.24, 2.45) is 10.8 Å². The summed E-state index contributed by atoms with van der Waals surface area (Å²) in [6.45, 7) is 23.6. The predicted octanol–water partition coefficient (Wildman–Crippen LogP) is 4.69. The first-order valence-electron chi connectivity index (χ1n) is 7.81. The van der Waals surface area contributed by atoms with Gasteiger partial charge < -0.3 is 9.47 Å². The van der Waals surface area contributed by atoms with Gasteiger partial charge in [-0.25, -0.2) is 9.59 Å². The lowest BCUT2D eigenvalue weighted by atomic mass is 9.93. The van der Waals surface area contributed by atoms with E-state index in [1.165, 1.54) is 0 Å². The lowest BCUT2D eigenvalue weighted by molar-refractivity contribution is -0.141. The van der Waals surface area contributed by atoms with Crippen LogP contribution in [0.25, 0.3) is 0 Å². The Hall–Kier alpha value is -1.58. The molecule has 0 saturated heterocycles. The average molecular weight is 326 g/mol. The zero-order valence-corrected chi connectivity index (χ0v) is 16.2. The lowest BCUT2D eigenvalue weighted by Gasteiger charge is -2.17. The summed E-state index contributed by atoms with van der Waals surface area (Å²) >= 11 is 0. The van der Waals surface area contributed by atoms with E-state index in [1.807, 2.05) is 20.8 Å². The fraction of sp³-hybridized carbons (Fsp3) is 0.684. The van der Waals surface area contributed by atoms with E-state index >= 15 is 0 Å². The molecule has 0 aromatic carbocycles. The van der Waals surface area contributed by atoms with E-state index < -0.39 is 0 Å². The smallest absolute Gasteiger partial charge is 0.333 e. The summed E-state index contributed by atoms with van der Waals surface area (Å²) in [6, 6.07) is 0. The SMILES string of the molecule is C=C(C)C(=O)OCC(C)(C)C.C=C(C)C(=O)OCCC(C)(C)C. The molecule has 0 heterocycles. The van der Waals surface area contributed by atoms with Crippen LogP contribution < -0.4 is 0 Å². The Labute approximate surface area is 141 Å². The van der Waals surface area contributed by atoms with E-state index in [9.17, 15) is 9.59 Å². The molecule has 4 nitrogen and oxygen atoms in total. The van der Waals surface area contributed by atoms with Crippen LogP contribution in [0.15, 0.2) is 24.3 Å². The van der Waals surface area contributed by atoms with Crippen molar-refractivity contribution in [3.05, 3.63) is 24.3 Å². The summed E-state index contributed by atoms with van der Waals surface area (Å²) in [5.74, 6) is -0.598. The van der Waals surface area contributed by atoms with Gasteiger partial charge in [0, 0.05) is 11.1 Å². The van der Waals surface area contributed by atoms with E-state index in [2.05, 4.69) is 33.9 Å². The summed E-state index contributed by atoms with van der Waals surface area (Å²) in [5.41, 5.74) is 1.17. The molecule has 0 aromatic rings. The Morgan fingerprint density at radius 2 is 1.17 bits per heavy atom. The first-order valence-corrected chi connectivity index (χ1v) is 7.81. The van der Waals surface area contributed by atoms with Gasteiger partial charge in [-0.3, -0.25) is 0 Å². The van der Waals surface area contributed by atoms with Gasteiger partial charge in [0.25, 0.3) is 0 Å². The van der Waals surface area contributed by atoms with Gasteiger partial charge in [0.15, 0.2) is 0 Å². The molecule has 0 rings (SSSR count). The van der Waals surface area contributed by atoms with Crippen molar-refractivity contribution < 1.29 is 19.1 Å². The van der Waals surface area contributed by atoms with E-state index in [0.717, 1.165) is 6.42 Å². The fourth-order valence-electron chi connectivity index (χ4n) is 0.978. The van der Waals surface area contributed by atoms with Crippen LogP contribution in [0.2, 0.25) is 0 Å². The maximum absolute atomic E-state index is 10.9. The van der Waals surface area contributed by atoms with E-state index in [-0.39, 0.29) is 22.8 Å². The number of hydrogen-bond acceptors (Lipinski definition) is 4. The quantitative estimate of drug-likeness (QED) is 0.543. The Morgan fingerprint density at radius 3 is 1.48 bits per heavy atom. The molecule has 0 amide bonds. The second kappa shape index (κ2) is 10.2. The number of esters is 2. The van der Waals surface area contributed by atoms with Gasteiger partial charge in [0.2, 0.25) is 0 Å². The highest BCUT2D eigenvalue weighted by Gasteiger charge is 2.13. The molecule has 0 aliphatic rings. The minimum Gasteiger partial charge on any atom is -0.462 e. The predicted molar refractivity (Wildman–Crippen MR) is 95.1 cm³/mol. The third-order valence-electron chi connectivity index (χ3n) is 2.42. The number of hydrogen-bond donors (Lipinski definition) is 0. The van der Waals surface area contributed by atoms with Gasteiger partial charge in [0.1, 0.15) is 0 Å². The van der Waals surface area contributed by atoms with E-state index in [4.69, 9.17) is 9.47 Å². The highest BCUT2D eigenvalue weighted by molar-refractivity contribution is 5.87. The minimum atomic E-state index is -0.306. The first-order chi connectivity index (χ1) is 10.2. The molecule has 0 aliphatic heterocycles. The monoisotopic (exact) mass is 326 g/mol. The fourth-order valence-corrected chi connectivity index (χ4v) is 0.978. The Bertz CT molecular complexity index is 420. The van der Waals surface area contributed by atoms with Crippen molar-refractivity contribution in [3.8, 4) is 0 Å². The summed E-state index contributed by atoms with van der Waals surface area (Å²) in [7, 11) is 0. The zero-order valence-electron chi connectivity index (χ0n) is 16.2. The van der Waals surface area contributed by atoms with Crippen molar-refractivity contribution in [3.63, 3.8) is 0 Å². The van der Waals surface area contributed by atoms with Crippen LogP contribution in [0.4, 0.5) is 0 Å². The standard InChI is InChI=1S/C10H18O2.C9H16O2/c1-8(2)9(11)12-7-6-10(3,4)5;1-7(2)8(10)11-6-9(3,4)5/h1,6-7H2,2-5H3;1,6H2,2-5H3. The maximum Gasteiger partial charge on any atom is 0.333 e. The lowest BCUT2D eigenvalue weighted by Crippen LogP contribution is -2.18. The maximum atomic E-state index is 10.9. The van der Waals surface area contributed by atoms with Gasteiger partial charge in [-0.1, -0.05) is 54.7 Å². The second-order valence-corrected chi connectivity index (χ2v) is 8.14. The van der Waals surface area contributed by atoms with Crippen molar-refractivity contribution in [1.29, 1.82) is 0 Å². The molecule has 0 spiro atoms. The van der Waals surface area contributed by atoms with Gasteiger partial charge >= 0.3 is 11.9 Å². The molecule has 23 heavy (non-hydrogen) atoms. The minimum absolute atomic E-state index is 0.0328. The number of ether oxygens (including phenoxy) is 2. The number of rotatable bonds is 5. The summed E-state index contributed by atoms with van der Waals surface area (Å²) in [6.07, 6.45) is 0.881. The molecule has 0 aromatic heterocycles. The largest absolute Gasteiger partial charge is 0.462 e. The third-order valence-corrected chi connectivity index (χ3v) is 2.42. The summed E-state index contributed by atoms with van der Waals surface area (Å²) < 4.78 is 9.87. The zero-order chi connectivity index (χ0) is 18.8. The average Bonchev–Trinajstić information content (AvgIpc) is 2.33. The topological polar surface area (TPSA) is 52.6 Å².